The Kier molecular flexibility index (Phi) is 12.2. The molecule has 0 saturated heterocycles. The Labute approximate surface area is 235 Å². The van der Waals surface area contributed by atoms with Gasteiger partial charge in [0.05, 0.1) is 12.5 Å². The van der Waals surface area contributed by atoms with Gasteiger partial charge in [0, 0.05) is 12.8 Å². The number of hydrogen-bond donors (Lipinski definition) is 8. The summed E-state index contributed by atoms with van der Waals surface area (Å²) >= 11 is 0. The van der Waals surface area contributed by atoms with Crippen molar-refractivity contribution in [1.82, 2.24) is 16.0 Å². The fourth-order valence-electron chi connectivity index (χ4n) is 3.82. The predicted molar refractivity (Wildman–Crippen MR) is 146 cm³/mol. The summed E-state index contributed by atoms with van der Waals surface area (Å²) in [6.07, 6.45) is -1.21. The van der Waals surface area contributed by atoms with E-state index in [1.54, 1.807) is 42.5 Å². The van der Waals surface area contributed by atoms with Gasteiger partial charge in [-0.05, 0) is 36.1 Å². The fraction of sp³-hybridized carbons (Fsp3) is 0.333. The smallest absolute Gasteiger partial charge is 0.326 e. The molecule has 0 heterocycles. The number of amides is 5. The Bertz CT molecular complexity index is 1240. The van der Waals surface area contributed by atoms with Crippen LogP contribution in [0, 0.1) is 0 Å². The lowest BCUT2D eigenvalue weighted by Gasteiger charge is -2.25. The fourth-order valence-corrected chi connectivity index (χ4v) is 3.82. The van der Waals surface area contributed by atoms with Crippen molar-refractivity contribution in [3.63, 3.8) is 0 Å². The second kappa shape index (κ2) is 15.6. The van der Waals surface area contributed by atoms with Crippen LogP contribution in [0.3, 0.4) is 0 Å². The van der Waals surface area contributed by atoms with Crippen molar-refractivity contribution in [2.45, 2.75) is 56.3 Å². The van der Waals surface area contributed by atoms with Crippen LogP contribution in [-0.4, -0.2) is 69.9 Å². The maximum atomic E-state index is 13.2. The van der Waals surface area contributed by atoms with Crippen molar-refractivity contribution in [2.75, 3.05) is 0 Å². The molecule has 14 heteroatoms. The highest BCUT2D eigenvalue weighted by molar-refractivity contribution is 5.96. The highest BCUT2D eigenvalue weighted by Crippen LogP contribution is 2.11. The van der Waals surface area contributed by atoms with Gasteiger partial charge in [0.15, 0.2) is 0 Å². The van der Waals surface area contributed by atoms with Crippen LogP contribution in [-0.2, 0) is 41.6 Å². The SMILES string of the molecule is NC(=O)CCC(NC(=O)C(Cc1ccccc1)NC(=O)C(CC(N)=O)NC(=O)C(N)Cc1ccc(O)cc1)C(=O)O. The summed E-state index contributed by atoms with van der Waals surface area (Å²) in [5.41, 5.74) is 17.6. The molecule has 0 aliphatic heterocycles. The standard InChI is InChI=1S/C27H34N6O8/c28-18(12-16-6-8-17(34)9-7-16)24(37)32-21(14-23(30)36)26(39)33-20(13-15-4-2-1-3-5-15)25(38)31-19(27(40)41)10-11-22(29)35/h1-9,18-21,34H,10-14,28H2,(H2,29,35)(H2,30,36)(H,31,38)(H,32,37)(H,33,39)(H,40,41). The quantitative estimate of drug-likeness (QED) is 0.113. The summed E-state index contributed by atoms with van der Waals surface area (Å²) in [5, 5.41) is 26.0. The van der Waals surface area contributed by atoms with Crippen molar-refractivity contribution < 1.29 is 39.0 Å². The highest BCUT2D eigenvalue weighted by atomic mass is 16.4. The Morgan fingerprint density at radius 3 is 1.78 bits per heavy atom. The van der Waals surface area contributed by atoms with Crippen molar-refractivity contribution in [1.29, 1.82) is 0 Å². The van der Waals surface area contributed by atoms with Crippen LogP contribution >= 0.6 is 0 Å². The number of nitrogens with two attached hydrogens (primary N) is 3. The number of aliphatic carboxylic acids is 1. The second-order valence-corrected chi connectivity index (χ2v) is 9.36. The third kappa shape index (κ3) is 11.3. The van der Waals surface area contributed by atoms with Gasteiger partial charge in [-0.2, -0.15) is 0 Å². The Morgan fingerprint density at radius 2 is 1.22 bits per heavy atom. The Balaban J connectivity index is 2.20. The number of carboxylic acid groups (broad SMARTS) is 1. The van der Waals surface area contributed by atoms with Gasteiger partial charge in [0.2, 0.25) is 29.5 Å². The summed E-state index contributed by atoms with van der Waals surface area (Å²) < 4.78 is 0. The summed E-state index contributed by atoms with van der Waals surface area (Å²) in [6.45, 7) is 0. The first-order valence-corrected chi connectivity index (χ1v) is 12.6. The third-order valence-electron chi connectivity index (χ3n) is 5.98. The topological polar surface area (TPSA) is 257 Å². The molecule has 0 aliphatic carbocycles. The van der Waals surface area contributed by atoms with E-state index in [9.17, 15) is 39.0 Å². The maximum absolute atomic E-state index is 13.2. The van der Waals surface area contributed by atoms with Crippen LogP contribution in [0.2, 0.25) is 0 Å². The zero-order chi connectivity index (χ0) is 30.5. The zero-order valence-electron chi connectivity index (χ0n) is 22.1. The molecule has 220 valence electrons. The number of phenols is 1. The molecule has 0 saturated carbocycles. The van der Waals surface area contributed by atoms with E-state index in [4.69, 9.17) is 17.2 Å². The van der Waals surface area contributed by atoms with Crippen LogP contribution in [0.4, 0.5) is 0 Å². The third-order valence-corrected chi connectivity index (χ3v) is 5.98. The number of carbonyl (C=O) groups excluding carboxylic acids is 5. The van der Waals surface area contributed by atoms with Crippen LogP contribution < -0.4 is 33.2 Å². The average Bonchev–Trinajstić information content (AvgIpc) is 2.91. The van der Waals surface area contributed by atoms with Crippen LogP contribution in [0.5, 0.6) is 5.75 Å². The number of phenolic OH excluding ortho intramolecular Hbond substituents is 1. The number of benzene rings is 2. The number of aromatic hydroxyl groups is 1. The first-order chi connectivity index (χ1) is 19.3. The molecule has 2 aromatic rings. The van der Waals surface area contributed by atoms with Crippen LogP contribution in [0.1, 0.15) is 30.4 Å². The molecule has 2 aromatic carbocycles. The molecule has 4 unspecified atom stereocenters. The Hall–Kier alpha value is -4.98. The molecular formula is C27H34N6O8. The number of carbonyl (C=O) groups is 6. The molecule has 0 fully saturated rings. The number of carboxylic acids is 1. The van der Waals surface area contributed by atoms with Crippen molar-refractivity contribution in [3.8, 4) is 5.75 Å². The molecule has 4 atom stereocenters. The minimum absolute atomic E-state index is 0.0293. The Morgan fingerprint density at radius 1 is 0.683 bits per heavy atom. The van der Waals surface area contributed by atoms with Gasteiger partial charge in [0.1, 0.15) is 23.9 Å². The van der Waals surface area contributed by atoms with Gasteiger partial charge in [-0.25, -0.2) is 4.79 Å². The molecule has 0 bridgehead atoms. The summed E-state index contributed by atoms with van der Waals surface area (Å²) in [5.74, 6) is -5.65. The normalized spacial score (nSPS) is 13.6. The lowest BCUT2D eigenvalue weighted by atomic mass is 10.0. The van der Waals surface area contributed by atoms with Gasteiger partial charge >= 0.3 is 5.97 Å². The zero-order valence-corrected chi connectivity index (χ0v) is 22.1. The molecule has 41 heavy (non-hydrogen) atoms. The van der Waals surface area contributed by atoms with E-state index >= 15 is 0 Å². The van der Waals surface area contributed by atoms with Gasteiger partial charge in [0.25, 0.3) is 0 Å². The van der Waals surface area contributed by atoms with E-state index in [1.165, 1.54) is 12.1 Å². The maximum Gasteiger partial charge on any atom is 0.326 e. The molecular weight excluding hydrogens is 536 g/mol. The molecule has 11 N–H and O–H groups in total. The summed E-state index contributed by atoms with van der Waals surface area (Å²) in [7, 11) is 0. The number of rotatable bonds is 16. The number of primary amides is 2. The van der Waals surface area contributed by atoms with Crippen LogP contribution in [0.15, 0.2) is 54.6 Å². The van der Waals surface area contributed by atoms with Crippen LogP contribution in [0.25, 0.3) is 0 Å². The average molecular weight is 571 g/mol. The van der Waals surface area contributed by atoms with E-state index in [-0.39, 0.29) is 31.4 Å². The molecule has 0 aliphatic rings. The van der Waals surface area contributed by atoms with Gasteiger partial charge in [-0.3, -0.25) is 24.0 Å². The first-order valence-electron chi connectivity index (χ1n) is 12.6. The molecule has 0 radical (unpaired) electrons. The first kappa shape index (κ1) is 32.2. The molecule has 5 amide bonds. The molecule has 0 aromatic heterocycles. The van der Waals surface area contributed by atoms with Gasteiger partial charge < -0.3 is 43.4 Å². The van der Waals surface area contributed by atoms with Crippen molar-refractivity contribution >= 4 is 35.5 Å². The molecule has 14 nitrogen and oxygen atoms in total. The van der Waals surface area contributed by atoms with E-state index in [0.29, 0.717) is 11.1 Å². The van der Waals surface area contributed by atoms with E-state index in [1.807, 2.05) is 0 Å². The van der Waals surface area contributed by atoms with Gasteiger partial charge in [-0.15, -0.1) is 0 Å². The predicted octanol–water partition coefficient (Wildman–Crippen LogP) is -1.82. The minimum atomic E-state index is -1.50. The van der Waals surface area contributed by atoms with E-state index in [2.05, 4.69) is 16.0 Å². The largest absolute Gasteiger partial charge is 0.508 e. The second-order valence-electron chi connectivity index (χ2n) is 9.36. The number of hydrogen-bond acceptors (Lipinski definition) is 8. The monoisotopic (exact) mass is 570 g/mol. The minimum Gasteiger partial charge on any atom is -0.508 e. The molecule has 2 rings (SSSR count). The lowest BCUT2D eigenvalue weighted by molar-refractivity contribution is -0.142. The van der Waals surface area contributed by atoms with Crippen molar-refractivity contribution in [3.05, 3.63) is 65.7 Å². The van der Waals surface area contributed by atoms with E-state index < -0.39 is 66.1 Å². The lowest BCUT2D eigenvalue weighted by Crippen LogP contribution is -2.58. The number of nitrogens with one attached hydrogen (secondary N) is 3. The highest BCUT2D eigenvalue weighted by Gasteiger charge is 2.31. The van der Waals surface area contributed by atoms with E-state index in [0.717, 1.165) is 0 Å². The van der Waals surface area contributed by atoms with Crippen molar-refractivity contribution in [2.24, 2.45) is 17.2 Å². The summed E-state index contributed by atoms with van der Waals surface area (Å²) in [4.78, 5) is 73.6. The summed E-state index contributed by atoms with van der Waals surface area (Å²) in [6, 6.07) is 9.04. The molecule has 0 spiro atoms. The van der Waals surface area contributed by atoms with Gasteiger partial charge in [-0.1, -0.05) is 42.5 Å².